The first-order valence-corrected chi connectivity index (χ1v) is 8.14. The summed E-state index contributed by atoms with van der Waals surface area (Å²) < 4.78 is 44.8. The maximum Gasteiger partial charge on any atom is 0.433 e. The van der Waals surface area contributed by atoms with Gasteiger partial charge in [0.25, 0.3) is 0 Å². The maximum absolute atomic E-state index is 13.1. The second kappa shape index (κ2) is 8.29. The number of aryl methyl sites for hydroxylation is 1. The Morgan fingerprint density at radius 1 is 1.12 bits per heavy atom. The number of halogens is 3. The van der Waals surface area contributed by atoms with Crippen LogP contribution in [0.2, 0.25) is 0 Å². The van der Waals surface area contributed by atoms with Crippen LogP contribution < -0.4 is 5.32 Å². The number of benzene rings is 1. The molecular weight excluding hydrogens is 331 g/mol. The number of aromatic nitrogens is 2. The second-order valence-electron chi connectivity index (χ2n) is 6.03. The summed E-state index contributed by atoms with van der Waals surface area (Å²) >= 11 is 0. The van der Waals surface area contributed by atoms with Gasteiger partial charge in [-0.3, -0.25) is 0 Å². The number of hydrogen-bond donors (Lipinski definition) is 1. The Morgan fingerprint density at radius 2 is 1.80 bits per heavy atom. The zero-order valence-corrected chi connectivity index (χ0v) is 14.5. The zero-order valence-electron chi connectivity index (χ0n) is 14.5. The van der Waals surface area contributed by atoms with Crippen molar-refractivity contribution in [3.63, 3.8) is 0 Å². The largest absolute Gasteiger partial charge is 0.433 e. The number of nitrogens with zero attached hydrogens (tertiary/aromatic N) is 2. The average Bonchev–Trinajstić information content (AvgIpc) is 2.54. The van der Waals surface area contributed by atoms with E-state index in [1.165, 1.54) is 0 Å². The Hall–Kier alpha value is -2.15. The molecule has 0 bridgehead atoms. The average molecular weight is 353 g/mol. The van der Waals surface area contributed by atoms with Gasteiger partial charge in [0.1, 0.15) is 0 Å². The van der Waals surface area contributed by atoms with Crippen LogP contribution in [0.3, 0.4) is 0 Å². The SMILES string of the molecule is Cc1ccc(-c2cc(C(F)(F)F)nc(NCCCOC(C)C)n2)cc1. The Morgan fingerprint density at radius 3 is 2.40 bits per heavy atom. The van der Waals surface area contributed by atoms with Crippen molar-refractivity contribution >= 4 is 5.95 Å². The summed E-state index contributed by atoms with van der Waals surface area (Å²) in [6.45, 7) is 6.72. The van der Waals surface area contributed by atoms with Crippen molar-refractivity contribution < 1.29 is 17.9 Å². The molecule has 0 unspecified atom stereocenters. The van der Waals surface area contributed by atoms with Gasteiger partial charge in [-0.05, 0) is 33.3 Å². The number of rotatable bonds is 7. The number of hydrogen-bond acceptors (Lipinski definition) is 4. The molecule has 1 heterocycles. The first kappa shape index (κ1) is 19.2. The van der Waals surface area contributed by atoms with E-state index in [9.17, 15) is 13.2 Å². The molecule has 0 aliphatic heterocycles. The molecule has 2 aromatic rings. The normalized spacial score (nSPS) is 11.8. The fourth-order valence-electron chi connectivity index (χ4n) is 2.14. The summed E-state index contributed by atoms with van der Waals surface area (Å²) in [5, 5.41) is 2.85. The van der Waals surface area contributed by atoms with E-state index in [0.717, 1.165) is 11.6 Å². The quantitative estimate of drug-likeness (QED) is 0.733. The number of ether oxygens (including phenoxy) is 1. The molecular formula is C18H22F3N3O. The van der Waals surface area contributed by atoms with Gasteiger partial charge in [0.05, 0.1) is 11.8 Å². The molecule has 0 atom stereocenters. The molecule has 136 valence electrons. The van der Waals surface area contributed by atoms with E-state index >= 15 is 0 Å². The van der Waals surface area contributed by atoms with E-state index in [1.807, 2.05) is 32.9 Å². The summed E-state index contributed by atoms with van der Waals surface area (Å²) in [6, 6.07) is 8.13. The molecule has 1 aromatic carbocycles. The summed E-state index contributed by atoms with van der Waals surface area (Å²) in [5.41, 5.74) is 0.921. The van der Waals surface area contributed by atoms with Gasteiger partial charge < -0.3 is 10.1 Å². The van der Waals surface area contributed by atoms with Gasteiger partial charge in [-0.2, -0.15) is 13.2 Å². The molecule has 0 saturated carbocycles. The molecule has 1 N–H and O–H groups in total. The molecule has 2 rings (SSSR count). The van der Waals surface area contributed by atoms with Crippen LogP contribution >= 0.6 is 0 Å². The van der Waals surface area contributed by atoms with Crippen LogP contribution in [0.1, 0.15) is 31.5 Å². The maximum atomic E-state index is 13.1. The minimum atomic E-state index is -4.53. The van der Waals surface area contributed by atoms with Gasteiger partial charge in [0.15, 0.2) is 5.69 Å². The highest BCUT2D eigenvalue weighted by Gasteiger charge is 2.33. The number of alkyl halides is 3. The summed E-state index contributed by atoms with van der Waals surface area (Å²) in [6.07, 6.45) is -3.75. The van der Waals surface area contributed by atoms with Crippen LogP contribution in [0.5, 0.6) is 0 Å². The van der Waals surface area contributed by atoms with Crippen molar-refractivity contribution in [2.24, 2.45) is 0 Å². The molecule has 0 aliphatic carbocycles. The molecule has 7 heteroatoms. The van der Waals surface area contributed by atoms with E-state index in [0.29, 0.717) is 25.1 Å². The van der Waals surface area contributed by atoms with Crippen LogP contribution in [-0.2, 0) is 10.9 Å². The topological polar surface area (TPSA) is 47.0 Å². The minimum absolute atomic E-state index is 0.0325. The molecule has 0 saturated heterocycles. The van der Waals surface area contributed by atoms with Gasteiger partial charge in [0, 0.05) is 18.7 Å². The minimum Gasteiger partial charge on any atom is -0.379 e. The van der Waals surface area contributed by atoms with E-state index in [2.05, 4.69) is 15.3 Å². The number of anilines is 1. The molecule has 1 aromatic heterocycles. The number of nitrogens with one attached hydrogen (secondary N) is 1. The van der Waals surface area contributed by atoms with E-state index in [4.69, 9.17) is 4.74 Å². The van der Waals surface area contributed by atoms with Crippen LogP contribution in [0, 0.1) is 6.92 Å². The molecule has 0 fully saturated rings. The lowest BCUT2D eigenvalue weighted by molar-refractivity contribution is -0.141. The predicted molar refractivity (Wildman–Crippen MR) is 91.4 cm³/mol. The third-order valence-corrected chi connectivity index (χ3v) is 3.42. The van der Waals surface area contributed by atoms with E-state index < -0.39 is 11.9 Å². The molecule has 0 radical (unpaired) electrons. The fraction of sp³-hybridized carbons (Fsp3) is 0.444. The van der Waals surface area contributed by atoms with Gasteiger partial charge in [-0.1, -0.05) is 29.8 Å². The Labute approximate surface area is 145 Å². The summed E-state index contributed by atoms with van der Waals surface area (Å²) in [5.74, 6) is -0.0325. The highest BCUT2D eigenvalue weighted by atomic mass is 19.4. The van der Waals surface area contributed by atoms with Gasteiger partial charge in [-0.15, -0.1) is 0 Å². The standard InChI is InChI=1S/C18H22F3N3O/c1-12(2)25-10-4-9-22-17-23-15(11-16(24-17)18(19,20)21)14-7-5-13(3)6-8-14/h5-8,11-12H,4,9-10H2,1-3H3,(H,22,23,24). The van der Waals surface area contributed by atoms with Crippen molar-refractivity contribution in [2.75, 3.05) is 18.5 Å². The molecule has 25 heavy (non-hydrogen) atoms. The van der Waals surface area contributed by atoms with Gasteiger partial charge >= 0.3 is 6.18 Å². The smallest absolute Gasteiger partial charge is 0.379 e. The van der Waals surface area contributed by atoms with Gasteiger partial charge in [0.2, 0.25) is 5.95 Å². The first-order chi connectivity index (χ1) is 11.8. The Kier molecular flexibility index (Phi) is 6.36. The lowest BCUT2D eigenvalue weighted by Gasteiger charge is -2.12. The molecule has 0 amide bonds. The highest BCUT2D eigenvalue weighted by molar-refractivity contribution is 5.61. The van der Waals surface area contributed by atoms with E-state index in [1.54, 1.807) is 12.1 Å². The highest BCUT2D eigenvalue weighted by Crippen LogP contribution is 2.31. The van der Waals surface area contributed by atoms with Gasteiger partial charge in [-0.25, -0.2) is 9.97 Å². The lowest BCUT2D eigenvalue weighted by Crippen LogP contribution is -2.14. The lowest BCUT2D eigenvalue weighted by atomic mass is 10.1. The van der Waals surface area contributed by atoms with Crippen molar-refractivity contribution in [3.8, 4) is 11.3 Å². The van der Waals surface area contributed by atoms with Crippen LogP contribution in [-0.4, -0.2) is 29.2 Å². The first-order valence-electron chi connectivity index (χ1n) is 8.14. The second-order valence-corrected chi connectivity index (χ2v) is 6.03. The van der Waals surface area contributed by atoms with Crippen molar-refractivity contribution in [2.45, 2.75) is 39.5 Å². The third-order valence-electron chi connectivity index (χ3n) is 3.42. The van der Waals surface area contributed by atoms with Crippen molar-refractivity contribution in [3.05, 3.63) is 41.6 Å². The zero-order chi connectivity index (χ0) is 18.4. The monoisotopic (exact) mass is 353 g/mol. The Bertz CT molecular complexity index is 685. The molecule has 4 nitrogen and oxygen atoms in total. The van der Waals surface area contributed by atoms with Crippen LogP contribution in [0.15, 0.2) is 30.3 Å². The Balaban J connectivity index is 2.18. The molecule has 0 spiro atoms. The van der Waals surface area contributed by atoms with E-state index in [-0.39, 0.29) is 17.7 Å². The predicted octanol–water partition coefficient (Wildman–Crippen LogP) is 4.70. The molecule has 0 aliphatic rings. The third kappa shape index (κ3) is 6.01. The van der Waals surface area contributed by atoms with Crippen molar-refractivity contribution in [1.29, 1.82) is 0 Å². The van der Waals surface area contributed by atoms with Crippen LogP contribution in [0.4, 0.5) is 19.1 Å². The van der Waals surface area contributed by atoms with Crippen LogP contribution in [0.25, 0.3) is 11.3 Å². The van der Waals surface area contributed by atoms with Crippen molar-refractivity contribution in [1.82, 2.24) is 9.97 Å². The summed E-state index contributed by atoms with van der Waals surface area (Å²) in [4.78, 5) is 7.81. The summed E-state index contributed by atoms with van der Waals surface area (Å²) in [7, 11) is 0. The fourth-order valence-corrected chi connectivity index (χ4v) is 2.14.